The molecular weight excluding hydrogens is 288 g/mol. The Bertz CT molecular complexity index is 636. The van der Waals surface area contributed by atoms with Gasteiger partial charge >= 0.3 is 0 Å². The zero-order valence-corrected chi connectivity index (χ0v) is 12.9. The summed E-state index contributed by atoms with van der Waals surface area (Å²) in [5, 5.41) is 5.19. The lowest BCUT2D eigenvalue weighted by Crippen LogP contribution is -2.49. The molecule has 0 saturated carbocycles. The third-order valence-electron chi connectivity index (χ3n) is 3.68. The number of amides is 1. The molecule has 1 saturated heterocycles. The second-order valence-electron chi connectivity index (χ2n) is 4.97. The van der Waals surface area contributed by atoms with Crippen molar-refractivity contribution in [1.82, 2.24) is 19.8 Å². The van der Waals surface area contributed by atoms with Crippen molar-refractivity contribution in [2.24, 2.45) is 7.05 Å². The van der Waals surface area contributed by atoms with Crippen molar-refractivity contribution in [3.63, 3.8) is 0 Å². The zero-order chi connectivity index (χ0) is 14.8. The molecular formula is C14H18N4O2S. The van der Waals surface area contributed by atoms with E-state index in [1.807, 2.05) is 28.1 Å². The van der Waals surface area contributed by atoms with Crippen LogP contribution >= 0.6 is 11.3 Å². The maximum absolute atomic E-state index is 12.8. The minimum absolute atomic E-state index is 0.0396. The van der Waals surface area contributed by atoms with Gasteiger partial charge < -0.3 is 19.5 Å². The van der Waals surface area contributed by atoms with Gasteiger partial charge in [-0.2, -0.15) is 0 Å². The molecule has 1 unspecified atom stereocenters. The highest BCUT2D eigenvalue weighted by molar-refractivity contribution is 7.12. The third kappa shape index (κ3) is 2.66. The van der Waals surface area contributed by atoms with Crippen LogP contribution < -0.4 is 10.1 Å². The first-order valence-electron chi connectivity index (χ1n) is 6.82. The molecule has 1 fully saturated rings. The van der Waals surface area contributed by atoms with E-state index in [9.17, 15) is 4.79 Å². The summed E-state index contributed by atoms with van der Waals surface area (Å²) >= 11 is 1.42. The monoisotopic (exact) mass is 306 g/mol. The minimum Gasteiger partial charge on any atom is -0.496 e. The zero-order valence-electron chi connectivity index (χ0n) is 12.1. The van der Waals surface area contributed by atoms with Gasteiger partial charge in [0.05, 0.1) is 12.0 Å². The Morgan fingerprint density at radius 1 is 1.57 bits per heavy atom. The number of imidazole rings is 1. The fraction of sp³-hybridized carbons (Fsp3) is 0.429. The molecule has 3 rings (SSSR count). The van der Waals surface area contributed by atoms with Crippen molar-refractivity contribution in [3.8, 4) is 5.75 Å². The Hall–Kier alpha value is -1.86. The van der Waals surface area contributed by atoms with Gasteiger partial charge in [0.2, 0.25) is 0 Å². The molecule has 112 valence electrons. The van der Waals surface area contributed by atoms with Crippen molar-refractivity contribution >= 4 is 17.2 Å². The number of carbonyl (C=O) groups excluding carboxylic acids is 1. The van der Waals surface area contributed by atoms with E-state index in [4.69, 9.17) is 4.74 Å². The summed E-state index contributed by atoms with van der Waals surface area (Å²) in [7, 11) is 3.56. The highest BCUT2D eigenvalue weighted by atomic mass is 32.1. The molecule has 1 atom stereocenters. The lowest BCUT2D eigenvalue weighted by atomic mass is 10.1. The summed E-state index contributed by atoms with van der Waals surface area (Å²) in [4.78, 5) is 19.8. The predicted molar refractivity (Wildman–Crippen MR) is 80.7 cm³/mol. The molecule has 2 aromatic heterocycles. The number of methoxy groups -OCH3 is 1. The maximum Gasteiger partial charge on any atom is 0.264 e. The van der Waals surface area contributed by atoms with Crippen LogP contribution in [0, 0.1) is 0 Å². The highest BCUT2D eigenvalue weighted by Crippen LogP contribution is 2.27. The number of aromatic nitrogens is 2. The van der Waals surface area contributed by atoms with Crippen LogP contribution in [0.15, 0.2) is 23.8 Å². The standard InChI is InChI=1S/C14H18N4O2S/c1-17-5-4-16-13(17)11-8-15-3-6-18(11)14(19)12-7-10(20-2)9-21-12/h4-5,7,9,11,15H,3,6,8H2,1-2H3. The lowest BCUT2D eigenvalue weighted by Gasteiger charge is -2.35. The van der Waals surface area contributed by atoms with Gasteiger partial charge in [0.1, 0.15) is 17.6 Å². The number of nitrogens with one attached hydrogen (secondary N) is 1. The first-order chi connectivity index (χ1) is 10.2. The van der Waals surface area contributed by atoms with E-state index in [1.165, 1.54) is 11.3 Å². The van der Waals surface area contributed by atoms with E-state index in [0.717, 1.165) is 24.7 Å². The van der Waals surface area contributed by atoms with Crippen molar-refractivity contribution in [2.75, 3.05) is 26.7 Å². The van der Waals surface area contributed by atoms with Crippen LogP contribution in [-0.2, 0) is 7.05 Å². The number of hydrogen-bond acceptors (Lipinski definition) is 5. The number of nitrogens with zero attached hydrogens (tertiary/aromatic N) is 3. The van der Waals surface area contributed by atoms with Crippen LogP contribution in [-0.4, -0.2) is 47.1 Å². The number of thiophene rings is 1. The SMILES string of the molecule is COc1csc(C(=O)N2CCNCC2c2nccn2C)c1. The summed E-state index contributed by atoms with van der Waals surface area (Å²) in [5.74, 6) is 1.67. The van der Waals surface area contributed by atoms with E-state index >= 15 is 0 Å². The summed E-state index contributed by atoms with van der Waals surface area (Å²) in [5.41, 5.74) is 0. The van der Waals surface area contributed by atoms with Crippen LogP contribution in [0.1, 0.15) is 21.5 Å². The van der Waals surface area contributed by atoms with Crippen molar-refractivity contribution in [3.05, 3.63) is 34.5 Å². The van der Waals surface area contributed by atoms with Gasteiger partial charge in [-0.1, -0.05) is 0 Å². The molecule has 21 heavy (non-hydrogen) atoms. The Balaban J connectivity index is 1.87. The van der Waals surface area contributed by atoms with Crippen molar-refractivity contribution < 1.29 is 9.53 Å². The quantitative estimate of drug-likeness (QED) is 0.928. The van der Waals surface area contributed by atoms with Gasteiger partial charge in [0.25, 0.3) is 5.91 Å². The minimum atomic E-state index is -0.0423. The molecule has 6 nitrogen and oxygen atoms in total. The van der Waals surface area contributed by atoms with E-state index < -0.39 is 0 Å². The Morgan fingerprint density at radius 3 is 3.10 bits per heavy atom. The Kier molecular flexibility index (Phi) is 3.94. The second kappa shape index (κ2) is 5.87. The van der Waals surface area contributed by atoms with Crippen molar-refractivity contribution in [1.29, 1.82) is 0 Å². The number of hydrogen-bond donors (Lipinski definition) is 1. The lowest BCUT2D eigenvalue weighted by molar-refractivity contribution is 0.0625. The summed E-state index contributed by atoms with van der Waals surface area (Å²) < 4.78 is 7.13. The number of ether oxygens (including phenoxy) is 1. The predicted octanol–water partition coefficient (Wildman–Crippen LogP) is 1.28. The molecule has 0 aliphatic carbocycles. The largest absolute Gasteiger partial charge is 0.496 e. The maximum atomic E-state index is 12.8. The highest BCUT2D eigenvalue weighted by Gasteiger charge is 2.31. The molecule has 1 aliphatic heterocycles. The van der Waals surface area contributed by atoms with Gasteiger partial charge in [0, 0.05) is 50.5 Å². The first-order valence-corrected chi connectivity index (χ1v) is 7.70. The molecule has 0 aromatic carbocycles. The van der Waals surface area contributed by atoms with Crippen LogP contribution in [0.5, 0.6) is 5.75 Å². The van der Waals surface area contributed by atoms with Gasteiger partial charge in [-0.05, 0) is 0 Å². The summed E-state index contributed by atoms with van der Waals surface area (Å²) in [6.07, 6.45) is 3.67. The van der Waals surface area contributed by atoms with E-state index in [0.29, 0.717) is 11.4 Å². The molecule has 7 heteroatoms. The number of aryl methyl sites for hydroxylation is 1. The van der Waals surface area contributed by atoms with Gasteiger partial charge in [-0.15, -0.1) is 11.3 Å². The molecule has 0 spiro atoms. The van der Waals surface area contributed by atoms with Crippen LogP contribution in [0.3, 0.4) is 0 Å². The van der Waals surface area contributed by atoms with Crippen LogP contribution in [0.25, 0.3) is 0 Å². The van der Waals surface area contributed by atoms with E-state index in [1.54, 1.807) is 19.4 Å². The van der Waals surface area contributed by atoms with Gasteiger partial charge in [-0.25, -0.2) is 4.98 Å². The first kappa shape index (κ1) is 14.1. The topological polar surface area (TPSA) is 59.4 Å². The summed E-state index contributed by atoms with van der Waals surface area (Å²) in [6, 6.07) is 1.75. The fourth-order valence-electron chi connectivity index (χ4n) is 2.56. The third-order valence-corrected chi connectivity index (χ3v) is 4.58. The van der Waals surface area contributed by atoms with Crippen molar-refractivity contribution in [2.45, 2.75) is 6.04 Å². The number of piperazine rings is 1. The van der Waals surface area contributed by atoms with Gasteiger partial charge in [0.15, 0.2) is 0 Å². The Labute approximate surface area is 127 Å². The second-order valence-corrected chi connectivity index (χ2v) is 5.88. The molecule has 3 heterocycles. The molecule has 1 N–H and O–H groups in total. The average Bonchev–Trinajstić information content (AvgIpc) is 3.15. The van der Waals surface area contributed by atoms with E-state index in [-0.39, 0.29) is 11.9 Å². The van der Waals surface area contributed by atoms with Crippen LogP contribution in [0.4, 0.5) is 0 Å². The average molecular weight is 306 g/mol. The molecule has 0 radical (unpaired) electrons. The molecule has 1 aliphatic rings. The molecule has 1 amide bonds. The molecule has 2 aromatic rings. The fourth-order valence-corrected chi connectivity index (χ4v) is 3.37. The van der Waals surface area contributed by atoms with E-state index in [2.05, 4.69) is 10.3 Å². The normalized spacial score (nSPS) is 18.8. The van der Waals surface area contributed by atoms with Crippen LogP contribution in [0.2, 0.25) is 0 Å². The smallest absolute Gasteiger partial charge is 0.264 e. The molecule has 0 bridgehead atoms. The van der Waals surface area contributed by atoms with Gasteiger partial charge in [-0.3, -0.25) is 4.79 Å². The number of carbonyl (C=O) groups is 1. The number of rotatable bonds is 3. The summed E-state index contributed by atoms with van der Waals surface area (Å²) in [6.45, 7) is 2.20. The Morgan fingerprint density at radius 2 is 2.43 bits per heavy atom.